The van der Waals surface area contributed by atoms with E-state index in [9.17, 15) is 24.3 Å². The number of nitrogens with zero attached hydrogens (tertiary/aromatic N) is 2. The molecule has 2 aliphatic rings. The second-order valence-electron chi connectivity index (χ2n) is 10.00. The number of hydrogen-bond donors (Lipinski definition) is 2. The highest BCUT2D eigenvalue weighted by Gasteiger charge is 2.57. The number of fused-ring (bicyclic) bond motifs is 2. The van der Waals surface area contributed by atoms with Gasteiger partial charge in [0.25, 0.3) is 0 Å². The van der Waals surface area contributed by atoms with Gasteiger partial charge in [0.15, 0.2) is 11.5 Å². The molecule has 3 amide bonds. The highest BCUT2D eigenvalue weighted by molar-refractivity contribution is 8.00. The number of ether oxygens (including phenoxy) is 1. The van der Waals surface area contributed by atoms with Gasteiger partial charge in [-0.25, -0.2) is 4.90 Å². The average Bonchev–Trinajstić information content (AvgIpc) is 3.41. The number of hydrogen-bond acceptors (Lipinski definition) is 8. The van der Waals surface area contributed by atoms with Crippen LogP contribution < -0.4 is 19.8 Å². The molecule has 42 heavy (non-hydrogen) atoms. The van der Waals surface area contributed by atoms with Crippen LogP contribution in [-0.2, 0) is 20.9 Å². The summed E-state index contributed by atoms with van der Waals surface area (Å²) in [7, 11) is 1.41. The zero-order valence-electron chi connectivity index (χ0n) is 22.4. The quantitative estimate of drug-likeness (QED) is 0.290. The van der Waals surface area contributed by atoms with Crippen LogP contribution in [0.4, 0.5) is 11.4 Å². The molecule has 1 aromatic heterocycles. The fraction of sp³-hybridized carbons (Fsp3) is 0.200. The summed E-state index contributed by atoms with van der Waals surface area (Å²) < 4.78 is 6.68. The number of aromatic nitrogens is 1. The third-order valence-corrected chi connectivity index (χ3v) is 10.2. The number of anilines is 2. The summed E-state index contributed by atoms with van der Waals surface area (Å²) in [6, 6.07) is 18.5. The van der Waals surface area contributed by atoms with E-state index in [-0.39, 0.29) is 22.9 Å². The van der Waals surface area contributed by atoms with Crippen molar-refractivity contribution < 1.29 is 24.2 Å². The number of carbonyl (C=O) groups is 3. The van der Waals surface area contributed by atoms with E-state index in [0.29, 0.717) is 31.9 Å². The molecule has 2 aliphatic heterocycles. The van der Waals surface area contributed by atoms with E-state index in [0.717, 1.165) is 33.6 Å². The third kappa shape index (κ3) is 4.87. The first-order chi connectivity index (χ1) is 20.2. The number of rotatable bonds is 6. The lowest BCUT2D eigenvalue weighted by Gasteiger charge is -2.31. The number of phenols is 1. The number of amides is 3. The largest absolute Gasteiger partial charge is 0.504 e. The molecule has 9 nitrogen and oxygen atoms in total. The zero-order chi connectivity index (χ0) is 29.7. The number of thioether (sulfide) groups is 1. The van der Waals surface area contributed by atoms with Crippen molar-refractivity contribution in [3.63, 3.8) is 0 Å². The van der Waals surface area contributed by atoms with E-state index in [2.05, 4.69) is 5.32 Å². The minimum Gasteiger partial charge on any atom is -0.504 e. The number of nitrogens with one attached hydrogen (secondary N) is 1. The van der Waals surface area contributed by atoms with Crippen LogP contribution in [0.1, 0.15) is 21.9 Å². The summed E-state index contributed by atoms with van der Waals surface area (Å²) >= 11 is 8.11. The minimum absolute atomic E-state index is 0.0849. The molecule has 1 fully saturated rings. The molecule has 6 rings (SSSR count). The van der Waals surface area contributed by atoms with Crippen molar-refractivity contribution >= 4 is 63.8 Å². The summed E-state index contributed by atoms with van der Waals surface area (Å²) in [4.78, 5) is 55.5. The van der Waals surface area contributed by atoms with E-state index in [1.807, 2.05) is 19.1 Å². The Morgan fingerprint density at radius 3 is 2.43 bits per heavy atom. The molecule has 0 bridgehead atoms. The van der Waals surface area contributed by atoms with Gasteiger partial charge in [0.2, 0.25) is 17.7 Å². The number of benzene rings is 3. The van der Waals surface area contributed by atoms with Gasteiger partial charge in [0.1, 0.15) is 11.8 Å². The molecule has 0 spiro atoms. The van der Waals surface area contributed by atoms with Gasteiger partial charge in [-0.15, -0.1) is 0 Å². The Labute approximate surface area is 253 Å². The third-order valence-electron chi connectivity index (χ3n) is 7.33. The number of thiazole rings is 1. The first-order valence-electron chi connectivity index (χ1n) is 12.9. The Balaban J connectivity index is 1.43. The Morgan fingerprint density at radius 1 is 1.02 bits per heavy atom. The molecule has 0 radical (unpaired) electrons. The molecule has 1 saturated heterocycles. The maximum atomic E-state index is 14.0. The van der Waals surface area contributed by atoms with Gasteiger partial charge in [-0.1, -0.05) is 58.5 Å². The van der Waals surface area contributed by atoms with E-state index >= 15 is 0 Å². The molecular formula is C30H24ClN3O6S2. The number of aromatic hydroxyl groups is 1. The topological polar surface area (TPSA) is 118 Å². The second kappa shape index (κ2) is 11.0. The van der Waals surface area contributed by atoms with Crippen LogP contribution in [0.25, 0.3) is 0 Å². The standard InChI is InChI=1S/C30H24ClN3O6S2/c1-15-3-8-18(9-4-15)32-22(36)14-33-29-26(42-30(33)39)23(16-5-12-20(35)21(13-16)40-2)24-25(41-29)28(38)34(27(24)37)19-10-6-17(31)7-11-19/h3-13,23-25,35H,14H2,1-2H3,(H,32,36). The predicted molar refractivity (Wildman–Crippen MR) is 162 cm³/mol. The molecule has 3 aromatic carbocycles. The number of aryl methyl sites for hydroxylation is 1. The Hall–Kier alpha value is -4.06. The molecule has 3 unspecified atom stereocenters. The zero-order valence-corrected chi connectivity index (χ0v) is 24.8. The predicted octanol–water partition coefficient (Wildman–Crippen LogP) is 5.02. The molecule has 2 N–H and O–H groups in total. The first kappa shape index (κ1) is 28.1. The second-order valence-corrected chi connectivity index (χ2v) is 12.6. The maximum absolute atomic E-state index is 14.0. The first-order valence-corrected chi connectivity index (χ1v) is 15.0. The van der Waals surface area contributed by atoms with Gasteiger partial charge in [-0.3, -0.25) is 23.7 Å². The lowest BCUT2D eigenvalue weighted by molar-refractivity contribution is -0.122. The van der Waals surface area contributed by atoms with Gasteiger partial charge in [-0.2, -0.15) is 0 Å². The van der Waals surface area contributed by atoms with E-state index in [4.69, 9.17) is 16.3 Å². The SMILES string of the molecule is COc1cc(C2c3sc(=O)n(CC(=O)Nc4ccc(C)cc4)c3SC3C(=O)N(c4ccc(Cl)cc4)C(=O)C32)ccc1O. The monoisotopic (exact) mass is 621 g/mol. The van der Waals surface area contributed by atoms with Crippen molar-refractivity contribution in [2.45, 2.75) is 29.7 Å². The normalized spacial score (nSPS) is 19.4. The smallest absolute Gasteiger partial charge is 0.308 e. The fourth-order valence-corrected chi connectivity index (χ4v) is 8.23. The lowest BCUT2D eigenvalue weighted by atomic mass is 9.83. The molecule has 3 heterocycles. The van der Waals surface area contributed by atoms with Crippen molar-refractivity contribution in [2.24, 2.45) is 5.92 Å². The van der Waals surface area contributed by atoms with E-state index < -0.39 is 34.8 Å². The van der Waals surface area contributed by atoms with Crippen LogP contribution in [0.5, 0.6) is 11.5 Å². The molecular weight excluding hydrogens is 598 g/mol. The van der Waals surface area contributed by atoms with Crippen molar-refractivity contribution in [2.75, 3.05) is 17.3 Å². The molecule has 0 saturated carbocycles. The maximum Gasteiger partial charge on any atom is 0.308 e. The van der Waals surface area contributed by atoms with Crippen molar-refractivity contribution in [1.82, 2.24) is 4.57 Å². The van der Waals surface area contributed by atoms with Crippen LogP contribution in [0.3, 0.4) is 0 Å². The van der Waals surface area contributed by atoms with Crippen molar-refractivity contribution in [1.29, 1.82) is 0 Å². The van der Waals surface area contributed by atoms with Crippen LogP contribution in [0.2, 0.25) is 5.02 Å². The van der Waals surface area contributed by atoms with Gasteiger partial charge >= 0.3 is 4.87 Å². The minimum atomic E-state index is -0.856. The van der Waals surface area contributed by atoms with Gasteiger partial charge in [0, 0.05) is 21.5 Å². The number of carbonyl (C=O) groups excluding carboxylic acids is 3. The molecule has 4 aromatic rings. The van der Waals surface area contributed by atoms with Gasteiger partial charge < -0.3 is 15.2 Å². The van der Waals surface area contributed by atoms with E-state index in [1.165, 1.54) is 17.7 Å². The summed E-state index contributed by atoms with van der Waals surface area (Å²) in [6.45, 7) is 1.67. The Kier molecular flexibility index (Phi) is 7.34. The fourth-order valence-electron chi connectivity index (χ4n) is 5.33. The molecule has 12 heteroatoms. The number of phenolic OH excluding ortho intramolecular Hbond substituents is 1. The van der Waals surface area contributed by atoms with Crippen molar-refractivity contribution in [3.05, 3.63) is 97.4 Å². The number of halogens is 1. The average molecular weight is 622 g/mol. The summed E-state index contributed by atoms with van der Waals surface area (Å²) in [6.07, 6.45) is 0. The lowest BCUT2D eigenvalue weighted by Crippen LogP contribution is -2.33. The van der Waals surface area contributed by atoms with Gasteiger partial charge in [0.05, 0.1) is 23.7 Å². The number of methoxy groups -OCH3 is 1. The number of imide groups is 1. The van der Waals surface area contributed by atoms with Crippen LogP contribution >= 0.6 is 34.7 Å². The highest BCUT2D eigenvalue weighted by atomic mass is 35.5. The molecule has 3 atom stereocenters. The van der Waals surface area contributed by atoms with Gasteiger partial charge in [-0.05, 0) is 61.0 Å². The van der Waals surface area contributed by atoms with Crippen LogP contribution in [0, 0.1) is 12.8 Å². The van der Waals surface area contributed by atoms with Crippen LogP contribution in [-0.4, -0.2) is 39.8 Å². The Morgan fingerprint density at radius 2 is 1.74 bits per heavy atom. The summed E-state index contributed by atoms with van der Waals surface area (Å²) in [5.74, 6) is -2.66. The van der Waals surface area contributed by atoms with Crippen molar-refractivity contribution in [3.8, 4) is 11.5 Å². The Bertz CT molecular complexity index is 1780. The van der Waals surface area contributed by atoms with Crippen LogP contribution in [0.15, 0.2) is 76.6 Å². The molecule has 214 valence electrons. The molecule has 0 aliphatic carbocycles. The summed E-state index contributed by atoms with van der Waals surface area (Å²) in [5, 5.41) is 13.1. The highest BCUT2D eigenvalue weighted by Crippen LogP contribution is 2.54. The summed E-state index contributed by atoms with van der Waals surface area (Å²) in [5.41, 5.74) is 2.63. The van der Waals surface area contributed by atoms with E-state index in [1.54, 1.807) is 48.5 Å².